The number of amides is 2. The van der Waals surface area contributed by atoms with E-state index in [1.165, 1.54) is 0 Å². The second kappa shape index (κ2) is 9.59. The molecule has 0 spiro atoms. The molecule has 2 rings (SSSR count). The van der Waals surface area contributed by atoms with E-state index in [-0.39, 0.29) is 11.8 Å². The molecule has 0 saturated carbocycles. The maximum absolute atomic E-state index is 12.2. The zero-order valence-corrected chi connectivity index (χ0v) is 14.8. The van der Waals surface area contributed by atoms with Crippen molar-refractivity contribution in [1.82, 2.24) is 10.2 Å². The highest BCUT2D eigenvalue weighted by molar-refractivity contribution is 6.04. The third-order valence-corrected chi connectivity index (χ3v) is 3.69. The second-order valence-electron chi connectivity index (χ2n) is 6.04. The van der Waals surface area contributed by atoms with Crippen molar-refractivity contribution in [2.24, 2.45) is 0 Å². The molecule has 2 amide bonds. The van der Waals surface area contributed by atoms with E-state index in [2.05, 4.69) is 10.6 Å². The molecule has 0 aliphatic rings. The average Bonchev–Trinajstić information content (AvgIpc) is 2.61. The molecule has 0 unspecified atom stereocenters. The number of hydrogen-bond acceptors (Lipinski definition) is 3. The van der Waals surface area contributed by atoms with Gasteiger partial charge in [-0.1, -0.05) is 37.3 Å². The molecule has 0 fully saturated rings. The number of para-hydroxylation sites is 1. The fraction of sp³-hybridized carbons (Fsp3) is 0.300. The van der Waals surface area contributed by atoms with Crippen molar-refractivity contribution in [1.29, 1.82) is 0 Å². The topological polar surface area (TPSA) is 61.4 Å². The summed E-state index contributed by atoms with van der Waals surface area (Å²) in [7, 11) is 1.90. The van der Waals surface area contributed by atoms with Crippen LogP contribution in [0.5, 0.6) is 0 Å². The van der Waals surface area contributed by atoms with Crippen LogP contribution in [0.4, 0.5) is 5.69 Å². The van der Waals surface area contributed by atoms with E-state index in [0.717, 1.165) is 17.7 Å². The molecule has 0 saturated heterocycles. The Kier molecular flexibility index (Phi) is 7.16. The average molecular weight is 339 g/mol. The van der Waals surface area contributed by atoms with Gasteiger partial charge in [0.2, 0.25) is 5.91 Å². The van der Waals surface area contributed by atoms with Gasteiger partial charge < -0.3 is 10.6 Å². The molecule has 5 nitrogen and oxygen atoms in total. The number of nitrogens with zero attached hydrogens (tertiary/aromatic N) is 1. The molecule has 0 radical (unpaired) electrons. The number of likely N-dealkylation sites (N-methyl/N-ethyl adjacent to an activating group) is 1. The van der Waals surface area contributed by atoms with Crippen molar-refractivity contribution in [3.05, 3.63) is 65.7 Å². The number of rotatable bonds is 8. The predicted octanol–water partition coefficient (Wildman–Crippen LogP) is 2.90. The van der Waals surface area contributed by atoms with Gasteiger partial charge in [0.25, 0.3) is 5.91 Å². The number of carbonyl (C=O) groups excluding carboxylic acids is 2. The van der Waals surface area contributed by atoms with Crippen molar-refractivity contribution in [2.75, 3.05) is 25.5 Å². The quantitative estimate of drug-likeness (QED) is 0.777. The zero-order valence-electron chi connectivity index (χ0n) is 14.8. The Morgan fingerprint density at radius 2 is 1.68 bits per heavy atom. The lowest BCUT2D eigenvalue weighted by molar-refractivity contribution is -0.122. The summed E-state index contributed by atoms with van der Waals surface area (Å²) < 4.78 is 0. The molecule has 2 N–H and O–H groups in total. The highest BCUT2D eigenvalue weighted by Crippen LogP contribution is 2.11. The number of nitrogens with one attached hydrogen (secondary N) is 2. The summed E-state index contributed by atoms with van der Waals surface area (Å²) in [5.74, 6) is -0.103. The van der Waals surface area contributed by atoms with Crippen molar-refractivity contribution in [3.8, 4) is 0 Å². The van der Waals surface area contributed by atoms with E-state index in [4.69, 9.17) is 0 Å². The molecule has 5 heteroatoms. The molecule has 0 aromatic heterocycles. The zero-order chi connectivity index (χ0) is 18.1. The Hall–Kier alpha value is -2.66. The summed E-state index contributed by atoms with van der Waals surface area (Å²) in [5, 5.41) is 5.72. The van der Waals surface area contributed by atoms with Crippen molar-refractivity contribution >= 4 is 17.5 Å². The Balaban J connectivity index is 1.86. The van der Waals surface area contributed by atoms with E-state index in [1.807, 2.05) is 61.3 Å². The molecule has 0 aliphatic carbocycles. The van der Waals surface area contributed by atoms with Crippen LogP contribution in [0.25, 0.3) is 0 Å². The van der Waals surface area contributed by atoms with Gasteiger partial charge in [-0.15, -0.1) is 0 Å². The molecule has 0 heterocycles. The van der Waals surface area contributed by atoms with Gasteiger partial charge in [0, 0.05) is 24.3 Å². The van der Waals surface area contributed by atoms with E-state index in [9.17, 15) is 9.59 Å². The minimum atomic E-state index is -0.134. The number of benzene rings is 2. The van der Waals surface area contributed by atoms with Crippen LogP contribution in [-0.2, 0) is 11.3 Å². The Labute approximate surface area is 149 Å². The summed E-state index contributed by atoms with van der Waals surface area (Å²) in [6, 6.07) is 16.8. The lowest BCUT2D eigenvalue weighted by Gasteiger charge is -2.16. The Morgan fingerprint density at radius 1 is 1.00 bits per heavy atom. The predicted molar refractivity (Wildman–Crippen MR) is 100 cm³/mol. The standard InChI is InChI=1S/C20H25N3O2/c1-3-13-21-19(24)15-23(2)14-16-9-11-17(12-10-16)20(25)22-18-7-5-4-6-8-18/h4-12H,3,13-15H2,1-2H3,(H,21,24)(H,22,25). The summed E-state index contributed by atoms with van der Waals surface area (Å²) in [6.07, 6.45) is 0.933. The van der Waals surface area contributed by atoms with Crippen LogP contribution in [0.15, 0.2) is 54.6 Å². The van der Waals surface area contributed by atoms with Crippen molar-refractivity contribution < 1.29 is 9.59 Å². The molecule has 132 valence electrons. The first-order chi connectivity index (χ1) is 12.1. The van der Waals surface area contributed by atoms with Gasteiger partial charge in [0.15, 0.2) is 0 Å². The van der Waals surface area contributed by atoms with Crippen LogP contribution in [-0.4, -0.2) is 36.9 Å². The SMILES string of the molecule is CCCNC(=O)CN(C)Cc1ccc(C(=O)Nc2ccccc2)cc1. The first-order valence-electron chi connectivity index (χ1n) is 8.49. The van der Waals surface area contributed by atoms with Gasteiger partial charge in [0.1, 0.15) is 0 Å². The fourth-order valence-corrected chi connectivity index (χ4v) is 2.42. The summed E-state index contributed by atoms with van der Waals surface area (Å²) >= 11 is 0. The summed E-state index contributed by atoms with van der Waals surface area (Å²) in [4.78, 5) is 25.9. The molecule has 2 aromatic rings. The van der Waals surface area contributed by atoms with Crippen molar-refractivity contribution in [3.63, 3.8) is 0 Å². The number of hydrogen-bond donors (Lipinski definition) is 2. The van der Waals surface area contributed by atoms with Crippen LogP contribution < -0.4 is 10.6 Å². The monoisotopic (exact) mass is 339 g/mol. The molecule has 2 aromatic carbocycles. The number of carbonyl (C=O) groups is 2. The van der Waals surface area contributed by atoms with Gasteiger partial charge in [0.05, 0.1) is 6.54 Å². The Morgan fingerprint density at radius 3 is 2.32 bits per heavy atom. The van der Waals surface area contributed by atoms with Crippen LogP contribution in [0.2, 0.25) is 0 Å². The van der Waals surface area contributed by atoms with E-state index in [0.29, 0.717) is 25.2 Å². The summed E-state index contributed by atoms with van der Waals surface area (Å²) in [6.45, 7) is 3.74. The molecule has 0 aliphatic heterocycles. The lowest BCUT2D eigenvalue weighted by atomic mass is 10.1. The van der Waals surface area contributed by atoms with Crippen LogP contribution in [0.1, 0.15) is 29.3 Å². The largest absolute Gasteiger partial charge is 0.355 e. The minimum Gasteiger partial charge on any atom is -0.355 e. The maximum atomic E-state index is 12.2. The summed E-state index contributed by atoms with van der Waals surface area (Å²) in [5.41, 5.74) is 2.44. The van der Waals surface area contributed by atoms with Crippen LogP contribution in [0, 0.1) is 0 Å². The molecular weight excluding hydrogens is 314 g/mol. The maximum Gasteiger partial charge on any atom is 0.255 e. The fourth-order valence-electron chi connectivity index (χ4n) is 2.42. The van der Waals surface area contributed by atoms with Gasteiger partial charge in [-0.3, -0.25) is 14.5 Å². The van der Waals surface area contributed by atoms with Gasteiger partial charge in [-0.25, -0.2) is 0 Å². The highest BCUT2D eigenvalue weighted by atomic mass is 16.2. The molecule has 0 atom stereocenters. The molecule has 0 bridgehead atoms. The lowest BCUT2D eigenvalue weighted by Crippen LogP contribution is -2.35. The first kappa shape index (κ1) is 18.7. The van der Waals surface area contributed by atoms with E-state index in [1.54, 1.807) is 12.1 Å². The van der Waals surface area contributed by atoms with E-state index < -0.39 is 0 Å². The normalized spacial score (nSPS) is 10.5. The second-order valence-corrected chi connectivity index (χ2v) is 6.04. The van der Waals surface area contributed by atoms with Crippen LogP contribution in [0.3, 0.4) is 0 Å². The molecular formula is C20H25N3O2. The first-order valence-corrected chi connectivity index (χ1v) is 8.49. The minimum absolute atomic E-state index is 0.0307. The van der Waals surface area contributed by atoms with Gasteiger partial charge >= 0.3 is 0 Å². The third kappa shape index (κ3) is 6.39. The molecule has 25 heavy (non-hydrogen) atoms. The smallest absolute Gasteiger partial charge is 0.255 e. The van der Waals surface area contributed by atoms with Gasteiger partial charge in [-0.05, 0) is 43.3 Å². The number of anilines is 1. The van der Waals surface area contributed by atoms with Crippen LogP contribution >= 0.6 is 0 Å². The van der Waals surface area contributed by atoms with Crippen molar-refractivity contribution in [2.45, 2.75) is 19.9 Å². The highest BCUT2D eigenvalue weighted by Gasteiger charge is 2.08. The van der Waals surface area contributed by atoms with Gasteiger partial charge in [-0.2, -0.15) is 0 Å². The van der Waals surface area contributed by atoms with E-state index >= 15 is 0 Å². The third-order valence-electron chi connectivity index (χ3n) is 3.69. The Bertz CT molecular complexity index is 684.